The molecule has 0 bridgehead atoms. The van der Waals surface area contributed by atoms with Crippen LogP contribution in [0.5, 0.6) is 0 Å². The molecule has 116 valence electrons. The summed E-state index contributed by atoms with van der Waals surface area (Å²) in [6.07, 6.45) is -4.69. The van der Waals surface area contributed by atoms with Crippen molar-refractivity contribution < 1.29 is 23.1 Å². The van der Waals surface area contributed by atoms with E-state index >= 15 is 0 Å². The smallest absolute Gasteiger partial charge is 0.388 e. The monoisotopic (exact) mass is 319 g/mol. The quantitative estimate of drug-likeness (QED) is 0.907. The number of alkyl halides is 3. The maximum Gasteiger partial charge on any atom is 0.406 e. The molecule has 7 heteroatoms. The van der Waals surface area contributed by atoms with Gasteiger partial charge in [-0.05, 0) is 12.0 Å². The van der Waals surface area contributed by atoms with Crippen LogP contribution in [0.4, 0.5) is 13.2 Å². The van der Waals surface area contributed by atoms with E-state index in [4.69, 9.17) is 0 Å². The number of thioether (sulfide) groups is 1. The maximum absolute atomic E-state index is 12.3. The molecule has 1 aromatic carbocycles. The molecule has 0 saturated carbocycles. The normalized spacial score (nSPS) is 20.9. The fraction of sp³-hybridized carbons (Fsp3) is 0.500. The Hall–Kier alpha value is -1.21. The molecule has 0 aliphatic carbocycles. The number of carbonyl (C=O) groups is 1. The Morgan fingerprint density at radius 3 is 2.62 bits per heavy atom. The van der Waals surface area contributed by atoms with Gasteiger partial charge in [0.2, 0.25) is 5.91 Å². The Bertz CT molecular complexity index is 481. The number of nitrogens with zero attached hydrogens (tertiary/aromatic N) is 1. The van der Waals surface area contributed by atoms with Crippen LogP contribution in [-0.2, 0) is 4.79 Å². The number of amides is 1. The first-order valence-corrected chi connectivity index (χ1v) is 7.62. The molecule has 1 fully saturated rings. The van der Waals surface area contributed by atoms with Gasteiger partial charge in [0.1, 0.15) is 6.54 Å². The molecule has 2 unspecified atom stereocenters. The van der Waals surface area contributed by atoms with Gasteiger partial charge in [-0.2, -0.15) is 13.2 Å². The van der Waals surface area contributed by atoms with Crippen molar-refractivity contribution in [2.75, 3.05) is 18.8 Å². The number of carbonyl (C=O) groups excluding carboxylic acids is 1. The van der Waals surface area contributed by atoms with Crippen molar-refractivity contribution in [2.24, 2.45) is 0 Å². The molecular formula is C14H16F3NO2S. The number of likely N-dealkylation sites (tertiary alicyclic amines) is 1. The van der Waals surface area contributed by atoms with Crippen LogP contribution in [0.3, 0.4) is 0 Å². The summed E-state index contributed by atoms with van der Waals surface area (Å²) >= 11 is 1.22. The second kappa shape index (κ2) is 6.70. The van der Waals surface area contributed by atoms with E-state index in [1.165, 1.54) is 11.8 Å². The minimum atomic E-state index is -4.36. The summed E-state index contributed by atoms with van der Waals surface area (Å²) < 4.78 is 36.9. The molecule has 2 rings (SSSR count). The van der Waals surface area contributed by atoms with Crippen molar-refractivity contribution in [2.45, 2.75) is 24.0 Å². The maximum atomic E-state index is 12.3. The van der Waals surface area contributed by atoms with Crippen LogP contribution in [0.25, 0.3) is 0 Å². The molecular weight excluding hydrogens is 303 g/mol. The first-order valence-electron chi connectivity index (χ1n) is 6.57. The molecule has 1 aliphatic heterocycles. The predicted octanol–water partition coefficient (Wildman–Crippen LogP) is 2.62. The lowest BCUT2D eigenvalue weighted by Gasteiger charge is -2.18. The molecule has 1 amide bonds. The summed E-state index contributed by atoms with van der Waals surface area (Å²) in [5, 5.41) is 9.50. The van der Waals surface area contributed by atoms with Gasteiger partial charge in [-0.15, -0.1) is 11.8 Å². The van der Waals surface area contributed by atoms with E-state index in [9.17, 15) is 23.1 Å². The average Bonchev–Trinajstić information content (AvgIpc) is 2.76. The van der Waals surface area contributed by atoms with E-state index in [0.29, 0.717) is 12.2 Å². The van der Waals surface area contributed by atoms with E-state index < -0.39 is 30.0 Å². The molecule has 2 atom stereocenters. The van der Waals surface area contributed by atoms with Gasteiger partial charge in [0.05, 0.1) is 11.4 Å². The highest BCUT2D eigenvalue weighted by molar-refractivity contribution is 8.00. The van der Waals surface area contributed by atoms with Crippen molar-refractivity contribution >= 4 is 17.7 Å². The summed E-state index contributed by atoms with van der Waals surface area (Å²) in [5.74, 6) is -0.196. The molecule has 1 heterocycles. The van der Waals surface area contributed by atoms with E-state index in [-0.39, 0.29) is 6.54 Å². The van der Waals surface area contributed by atoms with Crippen LogP contribution < -0.4 is 0 Å². The molecule has 1 aliphatic rings. The number of hydrogen-bond acceptors (Lipinski definition) is 3. The van der Waals surface area contributed by atoms with Crippen molar-refractivity contribution in [1.82, 2.24) is 4.90 Å². The Labute approximate surface area is 125 Å². The fourth-order valence-electron chi connectivity index (χ4n) is 2.22. The number of aliphatic hydroxyl groups excluding tert-OH is 1. The van der Waals surface area contributed by atoms with Crippen LogP contribution in [0.15, 0.2) is 30.3 Å². The van der Waals surface area contributed by atoms with Crippen LogP contribution in [0.1, 0.15) is 18.1 Å². The zero-order valence-corrected chi connectivity index (χ0v) is 12.0. The zero-order valence-electron chi connectivity index (χ0n) is 11.2. The van der Waals surface area contributed by atoms with Crippen LogP contribution in [0, 0.1) is 0 Å². The topological polar surface area (TPSA) is 40.5 Å². The van der Waals surface area contributed by atoms with Gasteiger partial charge in [0.15, 0.2) is 0 Å². The molecule has 3 nitrogen and oxygen atoms in total. The van der Waals surface area contributed by atoms with Gasteiger partial charge in [0.25, 0.3) is 0 Å². The second-order valence-corrected chi connectivity index (χ2v) is 6.15. The second-order valence-electron chi connectivity index (χ2n) is 4.91. The highest BCUT2D eigenvalue weighted by Gasteiger charge is 2.39. The minimum absolute atomic E-state index is 0.122. The molecule has 0 radical (unpaired) electrons. The Morgan fingerprint density at radius 2 is 2.00 bits per heavy atom. The number of aliphatic hydroxyl groups is 1. The lowest BCUT2D eigenvalue weighted by Crippen LogP contribution is -2.36. The molecule has 0 spiro atoms. The highest BCUT2D eigenvalue weighted by atomic mass is 32.2. The lowest BCUT2D eigenvalue weighted by atomic mass is 10.1. The molecule has 1 N–H and O–H groups in total. The third kappa shape index (κ3) is 4.64. The fourth-order valence-corrected chi connectivity index (χ4v) is 3.39. The molecule has 1 saturated heterocycles. The zero-order chi connectivity index (χ0) is 15.5. The largest absolute Gasteiger partial charge is 0.406 e. The molecule has 0 aromatic heterocycles. The third-order valence-corrected chi connectivity index (χ3v) is 4.61. The lowest BCUT2D eigenvalue weighted by molar-refractivity contribution is -0.157. The first kappa shape index (κ1) is 16.2. The standard InChI is InChI=1S/C14H16F3NO2S/c15-14(16,17)9-18-7-6-12(13(18)20)21-8-11(19)10-4-2-1-3-5-10/h1-5,11-12,19H,6-9H2. The third-order valence-electron chi connectivity index (χ3n) is 3.26. The van der Waals surface area contributed by atoms with Crippen molar-refractivity contribution in [1.29, 1.82) is 0 Å². The van der Waals surface area contributed by atoms with Crippen molar-refractivity contribution in [3.05, 3.63) is 35.9 Å². The van der Waals surface area contributed by atoms with Gasteiger partial charge in [-0.1, -0.05) is 30.3 Å². The van der Waals surface area contributed by atoms with Gasteiger partial charge >= 0.3 is 6.18 Å². The Morgan fingerprint density at radius 1 is 1.33 bits per heavy atom. The molecule has 1 aromatic rings. The van der Waals surface area contributed by atoms with Gasteiger partial charge in [0, 0.05) is 12.3 Å². The van der Waals surface area contributed by atoms with E-state index in [2.05, 4.69) is 0 Å². The summed E-state index contributed by atoms with van der Waals surface area (Å²) in [7, 11) is 0. The number of hydrogen-bond donors (Lipinski definition) is 1. The van der Waals surface area contributed by atoms with Crippen molar-refractivity contribution in [3.8, 4) is 0 Å². The average molecular weight is 319 g/mol. The SMILES string of the molecule is O=C1C(SCC(O)c2ccccc2)CCN1CC(F)(F)F. The Balaban J connectivity index is 1.83. The summed E-state index contributed by atoms with van der Waals surface area (Å²) in [6, 6.07) is 8.98. The van der Waals surface area contributed by atoms with E-state index in [1.807, 2.05) is 6.07 Å². The van der Waals surface area contributed by atoms with E-state index in [1.54, 1.807) is 24.3 Å². The number of rotatable bonds is 5. The Kier molecular flexibility index (Phi) is 5.16. The van der Waals surface area contributed by atoms with Gasteiger partial charge < -0.3 is 10.0 Å². The summed E-state index contributed by atoms with van der Waals surface area (Å²) in [4.78, 5) is 12.7. The predicted molar refractivity (Wildman–Crippen MR) is 74.9 cm³/mol. The first-order chi connectivity index (χ1) is 9.87. The highest BCUT2D eigenvalue weighted by Crippen LogP contribution is 2.29. The summed E-state index contributed by atoms with van der Waals surface area (Å²) in [5.41, 5.74) is 0.739. The van der Waals surface area contributed by atoms with Crippen molar-refractivity contribution in [3.63, 3.8) is 0 Å². The van der Waals surface area contributed by atoms with Gasteiger partial charge in [-0.25, -0.2) is 0 Å². The van der Waals surface area contributed by atoms with Crippen LogP contribution >= 0.6 is 11.8 Å². The van der Waals surface area contributed by atoms with Crippen LogP contribution in [-0.4, -0.2) is 46.2 Å². The number of benzene rings is 1. The number of halogens is 3. The minimum Gasteiger partial charge on any atom is -0.388 e. The van der Waals surface area contributed by atoms with E-state index in [0.717, 1.165) is 10.5 Å². The molecule has 21 heavy (non-hydrogen) atoms. The van der Waals surface area contributed by atoms with Gasteiger partial charge in [-0.3, -0.25) is 4.79 Å². The van der Waals surface area contributed by atoms with Crippen LogP contribution in [0.2, 0.25) is 0 Å². The summed E-state index contributed by atoms with van der Waals surface area (Å²) in [6.45, 7) is -1.07.